The Bertz CT molecular complexity index is 814. The Morgan fingerprint density at radius 1 is 1.14 bits per heavy atom. The van der Waals surface area contributed by atoms with Gasteiger partial charge in [0.15, 0.2) is 0 Å². The zero-order valence-corrected chi connectivity index (χ0v) is 18.2. The van der Waals surface area contributed by atoms with Crippen LogP contribution in [0.25, 0.3) is 0 Å². The number of nitro benzene ring substituents is 1. The number of sulfonamides is 1. The fourth-order valence-corrected chi connectivity index (χ4v) is 4.27. The van der Waals surface area contributed by atoms with Crippen molar-refractivity contribution in [3.63, 3.8) is 0 Å². The molecule has 1 rings (SSSR count). The van der Waals surface area contributed by atoms with Gasteiger partial charge in [-0.3, -0.25) is 14.9 Å². The molecule has 0 saturated carbocycles. The van der Waals surface area contributed by atoms with Gasteiger partial charge in [0, 0.05) is 31.2 Å². The van der Waals surface area contributed by atoms with Crippen molar-refractivity contribution in [2.75, 3.05) is 31.1 Å². The predicted octanol–water partition coefficient (Wildman–Crippen LogP) is 2.37. The number of nitro groups is 1. The summed E-state index contributed by atoms with van der Waals surface area (Å²) in [5.41, 5.74) is -0.571. The second-order valence-corrected chi connectivity index (χ2v) is 9.25. The van der Waals surface area contributed by atoms with Crippen LogP contribution in [0.15, 0.2) is 23.1 Å². The number of carbonyl (C=O) groups is 1. The van der Waals surface area contributed by atoms with Crippen molar-refractivity contribution >= 4 is 27.3 Å². The summed E-state index contributed by atoms with van der Waals surface area (Å²) in [5, 5.41) is 14.4. The number of benzene rings is 1. The third-order valence-corrected chi connectivity index (χ3v) is 6.10. The van der Waals surface area contributed by atoms with E-state index < -0.39 is 20.5 Å². The Morgan fingerprint density at radius 3 is 2.14 bits per heavy atom. The summed E-state index contributed by atoms with van der Waals surface area (Å²) >= 11 is 0. The molecule has 0 spiro atoms. The van der Waals surface area contributed by atoms with Crippen LogP contribution in [0, 0.1) is 10.1 Å². The molecule has 0 unspecified atom stereocenters. The number of carbonyl (C=O) groups excluding carboxylic acids is 1. The monoisotopic (exact) mass is 414 g/mol. The number of anilines is 1. The van der Waals surface area contributed by atoms with Crippen LogP contribution in [0.3, 0.4) is 0 Å². The van der Waals surface area contributed by atoms with Crippen LogP contribution in [0.5, 0.6) is 0 Å². The maximum Gasteiger partial charge on any atom is 0.293 e. The second-order valence-electron chi connectivity index (χ2n) is 7.31. The molecule has 28 heavy (non-hydrogen) atoms. The number of nitrogens with one attached hydrogen (secondary N) is 1. The number of amides is 1. The van der Waals surface area contributed by atoms with E-state index in [9.17, 15) is 23.3 Å². The SMILES string of the molecule is CCN(CC(=O)NC(C)(C)C)c1ccc(S(=O)(=O)N(CC)CC)cc1[N+](=O)[O-]. The molecule has 0 saturated heterocycles. The Labute approximate surface area is 166 Å². The van der Waals surface area contributed by atoms with Crippen LogP contribution < -0.4 is 10.2 Å². The molecule has 1 amide bonds. The maximum atomic E-state index is 12.7. The molecule has 0 aromatic heterocycles. The van der Waals surface area contributed by atoms with E-state index in [2.05, 4.69) is 5.32 Å². The van der Waals surface area contributed by atoms with E-state index in [1.165, 1.54) is 16.4 Å². The molecule has 1 aromatic carbocycles. The first-order valence-corrected chi connectivity index (χ1v) is 10.7. The molecule has 0 fully saturated rings. The van der Waals surface area contributed by atoms with Gasteiger partial charge in [0.05, 0.1) is 16.4 Å². The Kier molecular flexibility index (Phi) is 7.94. The highest BCUT2D eigenvalue weighted by Gasteiger charge is 2.28. The highest BCUT2D eigenvalue weighted by Crippen LogP contribution is 2.31. The normalized spacial score (nSPS) is 12.1. The molecular formula is C18H30N4O5S. The molecular weight excluding hydrogens is 384 g/mol. The summed E-state index contributed by atoms with van der Waals surface area (Å²) in [5.74, 6) is -0.275. The molecule has 9 nitrogen and oxygen atoms in total. The fraction of sp³-hybridized carbons (Fsp3) is 0.611. The highest BCUT2D eigenvalue weighted by atomic mass is 32.2. The van der Waals surface area contributed by atoms with Crippen LogP contribution in [-0.2, 0) is 14.8 Å². The summed E-state index contributed by atoms with van der Waals surface area (Å²) < 4.78 is 26.6. The highest BCUT2D eigenvalue weighted by molar-refractivity contribution is 7.89. The lowest BCUT2D eigenvalue weighted by molar-refractivity contribution is -0.384. The van der Waals surface area contributed by atoms with Crippen molar-refractivity contribution in [2.45, 2.75) is 52.0 Å². The minimum Gasteiger partial charge on any atom is -0.357 e. The number of likely N-dealkylation sites (N-methyl/N-ethyl adjacent to an activating group) is 1. The van der Waals surface area contributed by atoms with Crippen LogP contribution in [0.1, 0.15) is 41.5 Å². The quantitative estimate of drug-likeness (QED) is 0.490. The molecule has 0 aliphatic heterocycles. The maximum absolute atomic E-state index is 12.7. The van der Waals surface area contributed by atoms with Crippen molar-refractivity contribution in [2.24, 2.45) is 0 Å². The average Bonchev–Trinajstić information content (AvgIpc) is 2.58. The fourth-order valence-electron chi connectivity index (χ4n) is 2.79. The van der Waals surface area contributed by atoms with E-state index in [1.807, 2.05) is 20.8 Å². The number of hydrogen-bond acceptors (Lipinski definition) is 6. The van der Waals surface area contributed by atoms with Gasteiger partial charge in [-0.25, -0.2) is 8.42 Å². The van der Waals surface area contributed by atoms with Gasteiger partial charge in [-0.2, -0.15) is 4.31 Å². The second kappa shape index (κ2) is 9.33. The molecule has 0 aliphatic carbocycles. The van der Waals surface area contributed by atoms with Crippen molar-refractivity contribution in [1.82, 2.24) is 9.62 Å². The summed E-state index contributed by atoms with van der Waals surface area (Å²) in [6, 6.07) is 3.80. The first-order chi connectivity index (χ1) is 12.9. The van der Waals surface area contributed by atoms with Gasteiger partial charge >= 0.3 is 0 Å². The third kappa shape index (κ3) is 5.90. The van der Waals surface area contributed by atoms with E-state index in [-0.39, 0.29) is 41.8 Å². The van der Waals surface area contributed by atoms with E-state index in [4.69, 9.17) is 0 Å². The lowest BCUT2D eigenvalue weighted by Crippen LogP contribution is -2.46. The molecule has 0 radical (unpaired) electrons. The minimum absolute atomic E-state index is 0.0727. The molecule has 0 heterocycles. The summed E-state index contributed by atoms with van der Waals surface area (Å²) in [6.45, 7) is 11.5. The number of rotatable bonds is 9. The first kappa shape index (κ1) is 23.8. The molecule has 0 aliphatic rings. The Balaban J connectivity index is 3.33. The van der Waals surface area contributed by atoms with E-state index >= 15 is 0 Å². The van der Waals surface area contributed by atoms with E-state index in [0.717, 1.165) is 6.07 Å². The lowest BCUT2D eigenvalue weighted by Gasteiger charge is -2.26. The van der Waals surface area contributed by atoms with E-state index in [1.54, 1.807) is 25.7 Å². The van der Waals surface area contributed by atoms with Gasteiger partial charge in [0.1, 0.15) is 5.69 Å². The standard InChI is InChI=1S/C18H30N4O5S/c1-7-20(13-17(23)19-18(4,5)6)15-11-10-14(12-16(15)22(24)25)28(26,27)21(8-2)9-3/h10-12H,7-9,13H2,1-6H3,(H,19,23). The van der Waals surface area contributed by atoms with Gasteiger partial charge in [0.25, 0.3) is 5.69 Å². The van der Waals surface area contributed by atoms with Gasteiger partial charge in [-0.1, -0.05) is 13.8 Å². The first-order valence-electron chi connectivity index (χ1n) is 9.21. The zero-order chi connectivity index (χ0) is 21.7. The van der Waals surface area contributed by atoms with Gasteiger partial charge in [-0.05, 0) is 39.8 Å². The lowest BCUT2D eigenvalue weighted by atomic mass is 10.1. The van der Waals surface area contributed by atoms with Crippen molar-refractivity contribution in [3.8, 4) is 0 Å². The van der Waals surface area contributed by atoms with Crippen molar-refractivity contribution in [3.05, 3.63) is 28.3 Å². The average molecular weight is 415 g/mol. The van der Waals surface area contributed by atoms with Crippen LogP contribution in [-0.4, -0.2) is 55.3 Å². The van der Waals surface area contributed by atoms with Gasteiger partial charge < -0.3 is 10.2 Å². The number of hydrogen-bond donors (Lipinski definition) is 1. The molecule has 158 valence electrons. The van der Waals surface area contributed by atoms with E-state index in [0.29, 0.717) is 6.54 Å². The molecule has 0 atom stereocenters. The van der Waals surface area contributed by atoms with Gasteiger partial charge in [0.2, 0.25) is 15.9 Å². The van der Waals surface area contributed by atoms with Gasteiger partial charge in [-0.15, -0.1) is 0 Å². The molecule has 1 N–H and O–H groups in total. The summed E-state index contributed by atoms with van der Waals surface area (Å²) in [6.07, 6.45) is 0. The van der Waals surface area contributed by atoms with Crippen LogP contribution in [0.4, 0.5) is 11.4 Å². The Hall–Kier alpha value is -2.20. The summed E-state index contributed by atoms with van der Waals surface area (Å²) in [4.78, 5) is 24.7. The third-order valence-electron chi connectivity index (χ3n) is 4.06. The Morgan fingerprint density at radius 2 is 1.71 bits per heavy atom. The number of nitrogens with zero attached hydrogens (tertiary/aromatic N) is 3. The summed E-state index contributed by atoms with van der Waals surface area (Å²) in [7, 11) is -3.82. The van der Waals surface area contributed by atoms with Crippen LogP contribution in [0.2, 0.25) is 0 Å². The molecule has 10 heteroatoms. The molecule has 0 bridgehead atoms. The van der Waals surface area contributed by atoms with Crippen LogP contribution >= 0.6 is 0 Å². The van der Waals surface area contributed by atoms with Crippen molar-refractivity contribution < 1.29 is 18.1 Å². The topological polar surface area (TPSA) is 113 Å². The van der Waals surface area contributed by atoms with Crippen molar-refractivity contribution in [1.29, 1.82) is 0 Å². The predicted molar refractivity (Wildman–Crippen MR) is 109 cm³/mol. The zero-order valence-electron chi connectivity index (χ0n) is 17.4. The largest absolute Gasteiger partial charge is 0.357 e. The molecule has 1 aromatic rings. The smallest absolute Gasteiger partial charge is 0.293 e. The minimum atomic E-state index is -3.82.